The van der Waals surface area contributed by atoms with Crippen LogP contribution in [0, 0.1) is 18.8 Å². The molecule has 1 aromatic carbocycles. The van der Waals surface area contributed by atoms with Gasteiger partial charge in [-0.1, -0.05) is 30.5 Å². The predicted octanol–water partition coefficient (Wildman–Crippen LogP) is 3.45. The minimum atomic E-state index is 0.265. The van der Waals surface area contributed by atoms with Crippen molar-refractivity contribution in [1.29, 1.82) is 0 Å². The van der Waals surface area contributed by atoms with Crippen LogP contribution in [0.3, 0.4) is 0 Å². The number of aliphatic hydroxyl groups excluding tert-OH is 1. The summed E-state index contributed by atoms with van der Waals surface area (Å²) in [6.07, 6.45) is 4.97. The van der Waals surface area contributed by atoms with Crippen LogP contribution in [-0.2, 0) is 0 Å². The number of rotatable bonds is 6. The fourth-order valence-electron chi connectivity index (χ4n) is 3.42. The lowest BCUT2D eigenvalue weighted by Gasteiger charge is -2.31. The van der Waals surface area contributed by atoms with Crippen molar-refractivity contribution in [3.63, 3.8) is 0 Å². The fraction of sp³-hybridized carbons (Fsp3) is 0.667. The summed E-state index contributed by atoms with van der Waals surface area (Å²) < 4.78 is 5.48. The second-order valence-corrected chi connectivity index (χ2v) is 6.36. The molecule has 118 valence electrons. The Kier molecular flexibility index (Phi) is 6.07. The van der Waals surface area contributed by atoms with Crippen LogP contribution in [0.4, 0.5) is 0 Å². The van der Waals surface area contributed by atoms with E-state index in [9.17, 15) is 5.11 Å². The van der Waals surface area contributed by atoms with Gasteiger partial charge in [0.15, 0.2) is 0 Å². The zero-order chi connectivity index (χ0) is 15.2. The Hall–Kier alpha value is -1.06. The largest absolute Gasteiger partial charge is 0.496 e. The van der Waals surface area contributed by atoms with Gasteiger partial charge in [-0.05, 0) is 51.1 Å². The highest BCUT2D eigenvalue weighted by Crippen LogP contribution is 2.31. The van der Waals surface area contributed by atoms with Crippen molar-refractivity contribution in [3.8, 4) is 5.75 Å². The SMILES string of the molecule is COc1ccc(C)cc1C(C)NCC1CCCCC1CO. The summed E-state index contributed by atoms with van der Waals surface area (Å²) in [7, 11) is 1.73. The molecule has 2 rings (SSSR count). The normalized spacial score (nSPS) is 23.8. The Morgan fingerprint density at radius 1 is 1.29 bits per heavy atom. The van der Waals surface area contributed by atoms with Crippen LogP contribution < -0.4 is 10.1 Å². The lowest BCUT2D eigenvalue weighted by Crippen LogP contribution is -2.33. The highest BCUT2D eigenvalue weighted by atomic mass is 16.5. The molecule has 21 heavy (non-hydrogen) atoms. The highest BCUT2D eigenvalue weighted by molar-refractivity contribution is 5.38. The number of ether oxygens (including phenoxy) is 1. The van der Waals surface area contributed by atoms with Crippen LogP contribution in [0.15, 0.2) is 18.2 Å². The van der Waals surface area contributed by atoms with Crippen molar-refractivity contribution in [3.05, 3.63) is 29.3 Å². The van der Waals surface area contributed by atoms with Crippen LogP contribution in [0.2, 0.25) is 0 Å². The second-order valence-electron chi connectivity index (χ2n) is 6.36. The van der Waals surface area contributed by atoms with Gasteiger partial charge in [0.25, 0.3) is 0 Å². The summed E-state index contributed by atoms with van der Waals surface area (Å²) in [5.41, 5.74) is 2.47. The van der Waals surface area contributed by atoms with Gasteiger partial charge in [0.1, 0.15) is 5.75 Å². The summed E-state index contributed by atoms with van der Waals surface area (Å²) in [6.45, 7) is 5.60. The van der Waals surface area contributed by atoms with Crippen molar-refractivity contribution in [1.82, 2.24) is 5.32 Å². The molecule has 2 N–H and O–H groups in total. The monoisotopic (exact) mass is 291 g/mol. The Labute approximate surface area is 128 Å². The van der Waals surface area contributed by atoms with Gasteiger partial charge in [-0.25, -0.2) is 0 Å². The van der Waals surface area contributed by atoms with E-state index in [-0.39, 0.29) is 6.04 Å². The average Bonchev–Trinajstić information content (AvgIpc) is 2.52. The summed E-state index contributed by atoms with van der Waals surface area (Å²) in [5, 5.41) is 13.2. The van der Waals surface area contributed by atoms with Gasteiger partial charge in [0, 0.05) is 18.2 Å². The molecule has 0 heterocycles. The van der Waals surface area contributed by atoms with Crippen LogP contribution >= 0.6 is 0 Å². The zero-order valence-corrected chi connectivity index (χ0v) is 13.6. The van der Waals surface area contributed by atoms with Crippen LogP contribution in [0.25, 0.3) is 0 Å². The van der Waals surface area contributed by atoms with E-state index in [2.05, 4.69) is 31.3 Å². The second kappa shape index (κ2) is 7.81. The molecule has 3 heteroatoms. The smallest absolute Gasteiger partial charge is 0.123 e. The molecule has 0 bridgehead atoms. The highest BCUT2D eigenvalue weighted by Gasteiger charge is 2.25. The fourth-order valence-corrected chi connectivity index (χ4v) is 3.42. The first-order valence-corrected chi connectivity index (χ1v) is 8.14. The van der Waals surface area contributed by atoms with Crippen LogP contribution in [-0.4, -0.2) is 25.4 Å². The maximum absolute atomic E-state index is 9.51. The molecule has 0 amide bonds. The maximum atomic E-state index is 9.51. The molecule has 1 saturated carbocycles. The van der Waals surface area contributed by atoms with Crippen molar-refractivity contribution in [2.75, 3.05) is 20.3 Å². The van der Waals surface area contributed by atoms with E-state index < -0.39 is 0 Å². The molecule has 1 aromatic rings. The maximum Gasteiger partial charge on any atom is 0.123 e. The summed E-state index contributed by atoms with van der Waals surface area (Å²) in [4.78, 5) is 0. The standard InChI is InChI=1S/C18H29NO2/c1-13-8-9-18(21-3)17(10-13)14(2)19-11-15-6-4-5-7-16(15)12-20/h8-10,14-16,19-20H,4-7,11-12H2,1-3H3. The van der Waals surface area contributed by atoms with Gasteiger partial charge in [0.2, 0.25) is 0 Å². The predicted molar refractivity (Wildman–Crippen MR) is 86.7 cm³/mol. The summed E-state index contributed by atoms with van der Waals surface area (Å²) >= 11 is 0. The first kappa shape index (κ1) is 16.3. The van der Waals surface area contributed by atoms with Gasteiger partial charge < -0.3 is 15.2 Å². The molecule has 0 saturated heterocycles. The molecule has 0 radical (unpaired) electrons. The minimum Gasteiger partial charge on any atom is -0.496 e. The van der Waals surface area contributed by atoms with Crippen molar-refractivity contribution in [2.45, 2.75) is 45.6 Å². The molecular weight excluding hydrogens is 262 g/mol. The van der Waals surface area contributed by atoms with Crippen molar-refractivity contribution < 1.29 is 9.84 Å². The van der Waals surface area contributed by atoms with Gasteiger partial charge in [-0.15, -0.1) is 0 Å². The van der Waals surface area contributed by atoms with E-state index in [1.54, 1.807) is 7.11 Å². The third kappa shape index (κ3) is 4.21. The van der Waals surface area contributed by atoms with Gasteiger partial charge in [-0.3, -0.25) is 0 Å². The summed E-state index contributed by atoms with van der Waals surface area (Å²) in [5.74, 6) is 2.02. The summed E-state index contributed by atoms with van der Waals surface area (Å²) in [6, 6.07) is 6.58. The number of benzene rings is 1. The molecule has 0 spiro atoms. The molecule has 3 unspecified atom stereocenters. The van der Waals surface area contributed by atoms with Gasteiger partial charge in [0.05, 0.1) is 7.11 Å². The Bertz CT molecular complexity index is 447. The Morgan fingerprint density at radius 3 is 2.67 bits per heavy atom. The number of aryl methyl sites for hydroxylation is 1. The molecule has 0 aromatic heterocycles. The van der Waals surface area contributed by atoms with E-state index in [1.165, 1.54) is 36.8 Å². The zero-order valence-electron chi connectivity index (χ0n) is 13.6. The molecule has 1 aliphatic carbocycles. The molecule has 0 aliphatic heterocycles. The lowest BCUT2D eigenvalue weighted by molar-refractivity contribution is 0.131. The van der Waals surface area contributed by atoms with Crippen molar-refractivity contribution in [2.24, 2.45) is 11.8 Å². The van der Waals surface area contributed by atoms with E-state index in [0.717, 1.165) is 12.3 Å². The molecule has 1 aliphatic rings. The number of aliphatic hydroxyl groups is 1. The van der Waals surface area contributed by atoms with Gasteiger partial charge >= 0.3 is 0 Å². The van der Waals surface area contributed by atoms with E-state index in [4.69, 9.17) is 4.74 Å². The van der Waals surface area contributed by atoms with E-state index in [0.29, 0.717) is 18.4 Å². The van der Waals surface area contributed by atoms with E-state index in [1.807, 2.05) is 6.07 Å². The van der Waals surface area contributed by atoms with Crippen LogP contribution in [0.5, 0.6) is 5.75 Å². The average molecular weight is 291 g/mol. The van der Waals surface area contributed by atoms with E-state index >= 15 is 0 Å². The lowest BCUT2D eigenvalue weighted by atomic mass is 9.79. The topological polar surface area (TPSA) is 41.5 Å². The van der Waals surface area contributed by atoms with Crippen molar-refractivity contribution >= 4 is 0 Å². The number of methoxy groups -OCH3 is 1. The third-order valence-corrected chi connectivity index (χ3v) is 4.84. The molecule has 3 atom stereocenters. The Balaban J connectivity index is 1.97. The third-order valence-electron chi connectivity index (χ3n) is 4.84. The quantitative estimate of drug-likeness (QED) is 0.843. The minimum absolute atomic E-state index is 0.265. The Morgan fingerprint density at radius 2 is 2.00 bits per heavy atom. The number of hydrogen-bond acceptors (Lipinski definition) is 3. The van der Waals surface area contributed by atoms with Crippen LogP contribution in [0.1, 0.15) is 49.8 Å². The molecule has 3 nitrogen and oxygen atoms in total. The first-order valence-electron chi connectivity index (χ1n) is 8.14. The van der Waals surface area contributed by atoms with Gasteiger partial charge in [-0.2, -0.15) is 0 Å². The molecular formula is C18H29NO2. The number of hydrogen-bond donors (Lipinski definition) is 2. The first-order chi connectivity index (χ1) is 10.2. The number of nitrogens with one attached hydrogen (secondary N) is 1. The molecule has 1 fully saturated rings.